The summed E-state index contributed by atoms with van der Waals surface area (Å²) in [5.74, 6) is -1.85. The normalized spacial score (nSPS) is 14.3. The van der Waals surface area contributed by atoms with Crippen LogP contribution < -0.4 is 0 Å². The third-order valence-electron chi connectivity index (χ3n) is 2.29. The Morgan fingerprint density at radius 3 is 2.20 bits per heavy atom. The van der Waals surface area contributed by atoms with Crippen molar-refractivity contribution < 1.29 is 19.4 Å². The lowest BCUT2D eigenvalue weighted by atomic mass is 9.95. The molecule has 80 valence electrons. The average Bonchev–Trinajstić information content (AvgIpc) is 2.28. The molecule has 1 N–H and O–H groups in total. The van der Waals surface area contributed by atoms with E-state index in [1.165, 1.54) is 14.0 Å². The molecule has 0 saturated carbocycles. The number of ether oxygens (including phenoxy) is 1. The monoisotopic (exact) mass is 208 g/mol. The Bertz CT molecular complexity index is 371. The van der Waals surface area contributed by atoms with Gasteiger partial charge in [0.1, 0.15) is 0 Å². The van der Waals surface area contributed by atoms with Crippen molar-refractivity contribution in [1.29, 1.82) is 0 Å². The average molecular weight is 208 g/mol. The van der Waals surface area contributed by atoms with Gasteiger partial charge in [0.05, 0.1) is 0 Å². The van der Waals surface area contributed by atoms with E-state index in [4.69, 9.17) is 9.84 Å². The number of hydrogen-bond donors (Lipinski definition) is 1. The van der Waals surface area contributed by atoms with E-state index < -0.39 is 17.4 Å². The van der Waals surface area contributed by atoms with Crippen LogP contribution in [-0.2, 0) is 9.53 Å². The Labute approximate surface area is 87.5 Å². The van der Waals surface area contributed by atoms with Gasteiger partial charge >= 0.3 is 5.97 Å². The lowest BCUT2D eigenvalue weighted by Crippen LogP contribution is -2.45. The number of aliphatic carboxylic acids is 1. The lowest BCUT2D eigenvalue weighted by molar-refractivity contribution is -0.154. The van der Waals surface area contributed by atoms with Crippen molar-refractivity contribution in [3.63, 3.8) is 0 Å². The lowest BCUT2D eigenvalue weighted by Gasteiger charge is -2.21. The Balaban J connectivity index is 3.08. The number of carboxylic acid groups (broad SMARTS) is 1. The van der Waals surface area contributed by atoms with Gasteiger partial charge in [-0.3, -0.25) is 4.79 Å². The van der Waals surface area contributed by atoms with Crippen LogP contribution in [0.1, 0.15) is 17.3 Å². The van der Waals surface area contributed by atoms with Crippen LogP contribution in [0.3, 0.4) is 0 Å². The van der Waals surface area contributed by atoms with Gasteiger partial charge in [-0.2, -0.15) is 0 Å². The topological polar surface area (TPSA) is 63.6 Å². The molecule has 4 heteroatoms. The fourth-order valence-corrected chi connectivity index (χ4v) is 1.14. The summed E-state index contributed by atoms with van der Waals surface area (Å²) < 4.78 is 4.77. The van der Waals surface area contributed by atoms with Gasteiger partial charge in [0.15, 0.2) is 0 Å². The van der Waals surface area contributed by atoms with Crippen LogP contribution in [-0.4, -0.2) is 29.6 Å². The molecule has 0 aromatic heterocycles. The molecule has 4 nitrogen and oxygen atoms in total. The number of methoxy groups -OCH3 is 1. The number of benzene rings is 1. The fraction of sp³-hybridized carbons (Fsp3) is 0.273. The second-order valence-corrected chi connectivity index (χ2v) is 3.24. The summed E-state index contributed by atoms with van der Waals surface area (Å²) in [5.41, 5.74) is -1.49. The summed E-state index contributed by atoms with van der Waals surface area (Å²) in [5, 5.41) is 8.92. The number of ketones is 1. The molecule has 0 heterocycles. The molecule has 1 aromatic carbocycles. The summed E-state index contributed by atoms with van der Waals surface area (Å²) in [6, 6.07) is 8.21. The van der Waals surface area contributed by atoms with E-state index in [9.17, 15) is 9.59 Å². The van der Waals surface area contributed by atoms with Crippen molar-refractivity contribution in [3.05, 3.63) is 35.9 Å². The number of carbonyl (C=O) groups excluding carboxylic acids is 1. The summed E-state index contributed by atoms with van der Waals surface area (Å²) in [7, 11) is 1.20. The quantitative estimate of drug-likeness (QED) is 0.599. The van der Waals surface area contributed by atoms with E-state index in [0.29, 0.717) is 5.56 Å². The van der Waals surface area contributed by atoms with Crippen molar-refractivity contribution in [2.75, 3.05) is 7.11 Å². The van der Waals surface area contributed by atoms with Gasteiger partial charge in [-0.15, -0.1) is 0 Å². The highest BCUT2D eigenvalue weighted by Gasteiger charge is 2.41. The van der Waals surface area contributed by atoms with Gasteiger partial charge in [-0.1, -0.05) is 30.3 Å². The molecule has 1 rings (SSSR count). The minimum Gasteiger partial charge on any atom is -0.479 e. The second-order valence-electron chi connectivity index (χ2n) is 3.24. The van der Waals surface area contributed by atoms with Gasteiger partial charge in [-0.05, 0) is 6.92 Å². The highest BCUT2D eigenvalue weighted by Crippen LogP contribution is 2.17. The van der Waals surface area contributed by atoms with Crippen molar-refractivity contribution in [1.82, 2.24) is 0 Å². The zero-order valence-electron chi connectivity index (χ0n) is 8.56. The molecule has 0 aliphatic carbocycles. The van der Waals surface area contributed by atoms with Crippen molar-refractivity contribution in [2.24, 2.45) is 0 Å². The molecule has 15 heavy (non-hydrogen) atoms. The fourth-order valence-electron chi connectivity index (χ4n) is 1.14. The zero-order valence-corrected chi connectivity index (χ0v) is 8.56. The molecule has 0 saturated heterocycles. The van der Waals surface area contributed by atoms with E-state index >= 15 is 0 Å². The van der Waals surface area contributed by atoms with E-state index in [2.05, 4.69) is 0 Å². The van der Waals surface area contributed by atoms with E-state index in [0.717, 1.165) is 0 Å². The first-order valence-corrected chi connectivity index (χ1v) is 4.40. The molecule has 1 aromatic rings. The van der Waals surface area contributed by atoms with Gasteiger partial charge in [0.2, 0.25) is 11.4 Å². The van der Waals surface area contributed by atoms with Crippen LogP contribution in [0.25, 0.3) is 0 Å². The van der Waals surface area contributed by atoms with Gasteiger partial charge in [0, 0.05) is 12.7 Å². The number of carboxylic acids is 1. The second kappa shape index (κ2) is 4.23. The minimum atomic E-state index is -1.82. The van der Waals surface area contributed by atoms with Crippen molar-refractivity contribution in [2.45, 2.75) is 12.5 Å². The first-order chi connectivity index (χ1) is 7.02. The zero-order chi connectivity index (χ0) is 11.5. The molecule has 0 spiro atoms. The van der Waals surface area contributed by atoms with Crippen LogP contribution >= 0.6 is 0 Å². The molecular weight excluding hydrogens is 196 g/mol. The van der Waals surface area contributed by atoms with Crippen LogP contribution in [0.2, 0.25) is 0 Å². The highest BCUT2D eigenvalue weighted by molar-refractivity contribution is 6.14. The third kappa shape index (κ3) is 2.05. The smallest absolute Gasteiger partial charge is 0.343 e. The number of Topliss-reactive ketones (excluding diaryl/α,β-unsaturated/α-hetero) is 1. The summed E-state index contributed by atoms with van der Waals surface area (Å²) >= 11 is 0. The Morgan fingerprint density at radius 2 is 1.80 bits per heavy atom. The predicted molar refractivity (Wildman–Crippen MR) is 53.8 cm³/mol. The third-order valence-corrected chi connectivity index (χ3v) is 2.29. The summed E-state index contributed by atoms with van der Waals surface area (Å²) in [4.78, 5) is 22.8. The highest BCUT2D eigenvalue weighted by atomic mass is 16.5. The first-order valence-electron chi connectivity index (χ1n) is 4.40. The molecule has 0 bridgehead atoms. The molecule has 0 fully saturated rings. The SMILES string of the molecule is COC(C)(C(=O)O)C(=O)c1ccccc1. The van der Waals surface area contributed by atoms with Gasteiger partial charge in [0.25, 0.3) is 0 Å². The maximum absolute atomic E-state index is 11.8. The molecule has 0 aliphatic rings. The molecule has 0 radical (unpaired) electrons. The Morgan fingerprint density at radius 1 is 1.27 bits per heavy atom. The maximum Gasteiger partial charge on any atom is 0.343 e. The van der Waals surface area contributed by atoms with E-state index in [-0.39, 0.29) is 0 Å². The standard InChI is InChI=1S/C11H12O4/c1-11(15-2,10(13)14)9(12)8-6-4-3-5-7-8/h3-7H,1-2H3,(H,13,14). The van der Waals surface area contributed by atoms with Crippen LogP contribution in [0, 0.1) is 0 Å². The van der Waals surface area contributed by atoms with Gasteiger partial charge < -0.3 is 9.84 Å². The number of hydrogen-bond acceptors (Lipinski definition) is 3. The van der Waals surface area contributed by atoms with E-state index in [1.807, 2.05) is 0 Å². The molecular formula is C11H12O4. The Kier molecular flexibility index (Phi) is 3.21. The van der Waals surface area contributed by atoms with Crippen LogP contribution in [0.5, 0.6) is 0 Å². The van der Waals surface area contributed by atoms with Crippen molar-refractivity contribution in [3.8, 4) is 0 Å². The first kappa shape index (κ1) is 11.4. The maximum atomic E-state index is 11.8. The Hall–Kier alpha value is -1.68. The molecule has 0 amide bonds. The van der Waals surface area contributed by atoms with Crippen molar-refractivity contribution >= 4 is 11.8 Å². The summed E-state index contributed by atoms with van der Waals surface area (Å²) in [6.45, 7) is 1.24. The summed E-state index contributed by atoms with van der Waals surface area (Å²) in [6.07, 6.45) is 0. The molecule has 1 unspecified atom stereocenters. The molecule has 1 atom stereocenters. The minimum absolute atomic E-state index is 0.323. The largest absolute Gasteiger partial charge is 0.479 e. The van der Waals surface area contributed by atoms with Gasteiger partial charge in [-0.25, -0.2) is 4.79 Å². The number of rotatable bonds is 4. The van der Waals surface area contributed by atoms with Crippen LogP contribution in [0.15, 0.2) is 30.3 Å². The predicted octanol–water partition coefficient (Wildman–Crippen LogP) is 1.36. The molecule has 0 aliphatic heterocycles. The number of carbonyl (C=O) groups is 2. The van der Waals surface area contributed by atoms with Crippen LogP contribution in [0.4, 0.5) is 0 Å². The van der Waals surface area contributed by atoms with E-state index in [1.54, 1.807) is 30.3 Å².